The summed E-state index contributed by atoms with van der Waals surface area (Å²) in [5.74, 6) is 0.353. The quantitative estimate of drug-likeness (QED) is 0.620. The number of anilines is 1. The van der Waals surface area contributed by atoms with Gasteiger partial charge in [0.1, 0.15) is 0 Å². The maximum absolute atomic E-state index is 12.9. The Balaban J connectivity index is 1.85. The maximum atomic E-state index is 12.9. The third-order valence-corrected chi connectivity index (χ3v) is 6.08. The van der Waals surface area contributed by atoms with Crippen LogP contribution in [0.1, 0.15) is 28.3 Å². The number of carbonyl (C=O) groups excluding carboxylic acids is 1. The molecule has 3 rings (SSSR count). The zero-order valence-electron chi connectivity index (χ0n) is 18.0. The number of rotatable bonds is 5. The molecule has 3 aromatic rings. The number of nitrogens with zero attached hydrogens (tertiary/aromatic N) is 5. The van der Waals surface area contributed by atoms with Gasteiger partial charge in [-0.15, -0.1) is 0 Å². The molecule has 30 heavy (non-hydrogen) atoms. The van der Waals surface area contributed by atoms with Crippen molar-refractivity contribution in [1.29, 1.82) is 0 Å². The second-order valence-corrected chi connectivity index (χ2v) is 9.42. The first kappa shape index (κ1) is 21.6. The van der Waals surface area contributed by atoms with Crippen LogP contribution in [-0.4, -0.2) is 47.4 Å². The molecule has 0 bridgehead atoms. The molecule has 0 unspecified atom stereocenters. The first-order valence-electron chi connectivity index (χ1n) is 9.42. The second kappa shape index (κ2) is 7.98. The summed E-state index contributed by atoms with van der Waals surface area (Å²) in [4.78, 5) is 23.5. The highest BCUT2D eigenvalue weighted by Gasteiger charge is 2.20. The van der Waals surface area contributed by atoms with Gasteiger partial charge in [0, 0.05) is 41.6 Å². The molecule has 0 saturated heterocycles. The smallest absolute Gasteiger partial charge is 0.251 e. The van der Waals surface area contributed by atoms with Crippen molar-refractivity contribution in [3.05, 3.63) is 58.7 Å². The van der Waals surface area contributed by atoms with Gasteiger partial charge in [-0.05, 0) is 58.0 Å². The Kier molecular flexibility index (Phi) is 5.76. The van der Waals surface area contributed by atoms with Gasteiger partial charge in [0.05, 0.1) is 17.0 Å². The standard InChI is InChI=1S/C21H25N5O3S/c1-13-11-14(2)23-21(22-13)26-16(4)19(15(3)24-26)12-20(27)25(5)17-7-9-18(10-8-17)30(6,28)29/h7-11H,12H2,1-6H3. The van der Waals surface area contributed by atoms with Crippen LogP contribution in [0.15, 0.2) is 35.2 Å². The fourth-order valence-corrected chi connectivity index (χ4v) is 3.89. The van der Waals surface area contributed by atoms with Gasteiger partial charge >= 0.3 is 0 Å². The molecule has 0 aliphatic rings. The Bertz CT molecular complexity index is 1190. The lowest BCUT2D eigenvalue weighted by Gasteiger charge is -2.18. The molecule has 158 valence electrons. The SMILES string of the molecule is Cc1cc(C)nc(-n2nc(C)c(CC(=O)N(C)c3ccc(S(C)(=O)=O)cc3)c2C)n1. The summed E-state index contributed by atoms with van der Waals surface area (Å²) in [6, 6.07) is 8.14. The normalized spacial score (nSPS) is 11.5. The summed E-state index contributed by atoms with van der Waals surface area (Å²) in [5.41, 5.74) is 4.69. The van der Waals surface area contributed by atoms with Crippen molar-refractivity contribution in [2.75, 3.05) is 18.2 Å². The second-order valence-electron chi connectivity index (χ2n) is 7.41. The number of aromatic nitrogens is 4. The minimum absolute atomic E-state index is 0.130. The highest BCUT2D eigenvalue weighted by Crippen LogP contribution is 2.21. The largest absolute Gasteiger partial charge is 0.315 e. The summed E-state index contributed by atoms with van der Waals surface area (Å²) >= 11 is 0. The lowest BCUT2D eigenvalue weighted by Crippen LogP contribution is -2.28. The van der Waals surface area contributed by atoms with Crippen molar-refractivity contribution >= 4 is 21.4 Å². The number of carbonyl (C=O) groups is 1. The van der Waals surface area contributed by atoms with Crippen molar-refractivity contribution in [2.45, 2.75) is 39.0 Å². The maximum Gasteiger partial charge on any atom is 0.251 e. The molecule has 0 atom stereocenters. The van der Waals surface area contributed by atoms with E-state index < -0.39 is 9.84 Å². The molecule has 0 spiro atoms. The highest BCUT2D eigenvalue weighted by molar-refractivity contribution is 7.90. The van der Waals surface area contributed by atoms with E-state index >= 15 is 0 Å². The number of hydrogen-bond donors (Lipinski definition) is 0. The Morgan fingerprint density at radius 1 is 1.03 bits per heavy atom. The van der Waals surface area contributed by atoms with Gasteiger partial charge in [-0.2, -0.15) is 5.10 Å². The van der Waals surface area contributed by atoms with Gasteiger partial charge < -0.3 is 4.90 Å². The molecule has 0 N–H and O–H groups in total. The van der Waals surface area contributed by atoms with Crippen LogP contribution in [0.25, 0.3) is 5.95 Å². The van der Waals surface area contributed by atoms with Gasteiger partial charge in [0.25, 0.3) is 5.95 Å². The summed E-state index contributed by atoms with van der Waals surface area (Å²) in [7, 11) is -1.61. The van der Waals surface area contributed by atoms with E-state index in [1.54, 1.807) is 23.9 Å². The molecule has 0 radical (unpaired) electrons. The van der Waals surface area contributed by atoms with Gasteiger partial charge in [-0.25, -0.2) is 23.1 Å². The fourth-order valence-electron chi connectivity index (χ4n) is 3.26. The number of amides is 1. The Morgan fingerprint density at radius 2 is 1.60 bits per heavy atom. The molecule has 0 aliphatic carbocycles. The molecule has 0 saturated carbocycles. The molecule has 2 heterocycles. The van der Waals surface area contributed by atoms with E-state index in [0.29, 0.717) is 11.6 Å². The van der Waals surface area contributed by atoms with E-state index in [2.05, 4.69) is 15.1 Å². The monoisotopic (exact) mass is 427 g/mol. The lowest BCUT2D eigenvalue weighted by atomic mass is 10.1. The van der Waals surface area contributed by atoms with E-state index in [9.17, 15) is 13.2 Å². The van der Waals surface area contributed by atoms with E-state index in [4.69, 9.17) is 0 Å². The lowest BCUT2D eigenvalue weighted by molar-refractivity contribution is -0.117. The first-order chi connectivity index (χ1) is 14.0. The molecular weight excluding hydrogens is 402 g/mol. The molecule has 2 aromatic heterocycles. The van der Waals surface area contributed by atoms with Crippen molar-refractivity contribution in [1.82, 2.24) is 19.7 Å². The minimum atomic E-state index is -3.28. The fraction of sp³-hybridized carbons (Fsp3) is 0.333. The summed E-state index contributed by atoms with van der Waals surface area (Å²) in [6.07, 6.45) is 1.31. The van der Waals surface area contributed by atoms with Crippen molar-refractivity contribution in [3.63, 3.8) is 0 Å². The summed E-state index contributed by atoms with van der Waals surface area (Å²) in [6.45, 7) is 7.55. The molecular formula is C21H25N5O3S. The average Bonchev–Trinajstić information content (AvgIpc) is 2.94. The number of sulfone groups is 1. The van der Waals surface area contributed by atoms with E-state index in [1.165, 1.54) is 17.0 Å². The van der Waals surface area contributed by atoms with Crippen LogP contribution < -0.4 is 4.90 Å². The van der Waals surface area contributed by atoms with E-state index in [1.807, 2.05) is 33.8 Å². The van der Waals surface area contributed by atoms with Crippen LogP contribution in [0, 0.1) is 27.7 Å². The van der Waals surface area contributed by atoms with Gasteiger partial charge in [-0.1, -0.05) is 0 Å². The first-order valence-corrected chi connectivity index (χ1v) is 11.3. The molecule has 1 amide bonds. The molecule has 1 aromatic carbocycles. The number of aryl methyl sites for hydroxylation is 3. The molecule has 0 fully saturated rings. The van der Waals surface area contributed by atoms with Crippen LogP contribution in [0.5, 0.6) is 0 Å². The average molecular weight is 428 g/mol. The van der Waals surface area contributed by atoms with Crippen LogP contribution in [-0.2, 0) is 21.1 Å². The zero-order chi connectivity index (χ0) is 22.2. The Morgan fingerprint density at radius 3 is 2.13 bits per heavy atom. The van der Waals surface area contributed by atoms with Gasteiger partial charge in [0.2, 0.25) is 5.91 Å². The van der Waals surface area contributed by atoms with E-state index in [0.717, 1.165) is 34.6 Å². The number of hydrogen-bond acceptors (Lipinski definition) is 6. The minimum Gasteiger partial charge on any atom is -0.315 e. The van der Waals surface area contributed by atoms with Crippen LogP contribution in [0.2, 0.25) is 0 Å². The number of benzene rings is 1. The van der Waals surface area contributed by atoms with Crippen molar-refractivity contribution < 1.29 is 13.2 Å². The van der Waals surface area contributed by atoms with Crippen LogP contribution in [0.4, 0.5) is 5.69 Å². The van der Waals surface area contributed by atoms with Crippen molar-refractivity contribution in [3.8, 4) is 5.95 Å². The molecule has 8 nitrogen and oxygen atoms in total. The van der Waals surface area contributed by atoms with Crippen molar-refractivity contribution in [2.24, 2.45) is 0 Å². The molecule has 0 aliphatic heterocycles. The zero-order valence-corrected chi connectivity index (χ0v) is 18.8. The van der Waals surface area contributed by atoms with Crippen LogP contribution in [0.3, 0.4) is 0 Å². The molecule has 9 heteroatoms. The third-order valence-electron chi connectivity index (χ3n) is 4.96. The Hall–Kier alpha value is -3.07. The topological polar surface area (TPSA) is 98.0 Å². The number of likely N-dealkylation sites (N-methyl/N-ethyl adjacent to an activating group) is 1. The van der Waals surface area contributed by atoms with E-state index in [-0.39, 0.29) is 17.2 Å². The third kappa shape index (κ3) is 4.40. The summed E-state index contributed by atoms with van der Waals surface area (Å²) in [5, 5.41) is 4.54. The summed E-state index contributed by atoms with van der Waals surface area (Å²) < 4.78 is 24.9. The predicted molar refractivity (Wildman–Crippen MR) is 115 cm³/mol. The van der Waals surface area contributed by atoms with Gasteiger partial charge in [-0.3, -0.25) is 4.79 Å². The van der Waals surface area contributed by atoms with Gasteiger partial charge in [0.15, 0.2) is 9.84 Å². The Labute approximate surface area is 176 Å². The predicted octanol–water partition coefficient (Wildman–Crippen LogP) is 2.50. The van der Waals surface area contributed by atoms with Crippen LogP contribution >= 0.6 is 0 Å². The highest BCUT2D eigenvalue weighted by atomic mass is 32.2.